The third-order valence-electron chi connectivity index (χ3n) is 5.65. The molecule has 0 fully saturated rings. The van der Waals surface area contributed by atoms with Crippen LogP contribution in [0.3, 0.4) is 0 Å². The van der Waals surface area contributed by atoms with Gasteiger partial charge in [-0.1, -0.05) is 6.07 Å². The number of ether oxygens (including phenoxy) is 1. The number of carbonyl (C=O) groups is 2. The number of halogens is 3. The Kier molecular flexibility index (Phi) is 6.65. The summed E-state index contributed by atoms with van der Waals surface area (Å²) in [5.74, 6) is -1.58. The Labute approximate surface area is 198 Å². The number of hydrogen-bond acceptors (Lipinski definition) is 7. The minimum absolute atomic E-state index is 0.179. The van der Waals surface area contributed by atoms with E-state index in [1.54, 1.807) is 25.3 Å². The van der Waals surface area contributed by atoms with Crippen LogP contribution >= 0.6 is 0 Å². The number of carbonyl (C=O) groups excluding carboxylic acids is 2. The lowest BCUT2D eigenvalue weighted by Crippen LogP contribution is -2.41. The average Bonchev–Trinajstić information content (AvgIpc) is 3.35. The zero-order chi connectivity index (χ0) is 25.2. The predicted molar refractivity (Wildman–Crippen MR) is 118 cm³/mol. The van der Waals surface area contributed by atoms with Crippen LogP contribution in [0, 0.1) is 0 Å². The molecule has 1 unspecified atom stereocenters. The highest BCUT2D eigenvalue weighted by Gasteiger charge is 2.32. The fourth-order valence-electron chi connectivity index (χ4n) is 3.65. The van der Waals surface area contributed by atoms with E-state index >= 15 is 0 Å². The highest BCUT2D eigenvalue weighted by molar-refractivity contribution is 6.39. The summed E-state index contributed by atoms with van der Waals surface area (Å²) in [7, 11) is 0. The number of amides is 2. The fourth-order valence-corrected chi connectivity index (χ4v) is 3.65. The monoisotopic (exact) mass is 486 g/mol. The quantitative estimate of drug-likeness (QED) is 0.531. The third-order valence-corrected chi connectivity index (χ3v) is 5.65. The van der Waals surface area contributed by atoms with Crippen molar-refractivity contribution in [3.63, 3.8) is 0 Å². The van der Waals surface area contributed by atoms with Crippen molar-refractivity contribution in [3.8, 4) is 0 Å². The van der Waals surface area contributed by atoms with Gasteiger partial charge in [0.15, 0.2) is 0 Å². The molecule has 3 N–H and O–H groups in total. The minimum atomic E-state index is -4.54. The summed E-state index contributed by atoms with van der Waals surface area (Å²) >= 11 is 0. The fraction of sp³-hybridized carbons (Fsp3) is 0.261. The molecule has 2 amide bonds. The molecule has 182 valence electrons. The molecular weight excluding hydrogens is 465 g/mol. The molecule has 4 rings (SSSR count). The van der Waals surface area contributed by atoms with E-state index in [0.29, 0.717) is 28.6 Å². The molecule has 3 aromatic rings. The number of hydrogen-bond donors (Lipinski definition) is 2. The Morgan fingerprint density at radius 2 is 1.91 bits per heavy atom. The molecule has 0 aromatic carbocycles. The van der Waals surface area contributed by atoms with Crippen LogP contribution in [0.1, 0.15) is 40.9 Å². The normalized spacial score (nSPS) is 13.7. The SMILES string of the molecule is CC(c1cccnc1)N(Cc1ccc(C(F)(F)F)cn1)C(=O)C(=O)Nc1cnc(N)c2c1COC2. The maximum atomic E-state index is 13.3. The van der Waals surface area contributed by atoms with Gasteiger partial charge in [-0.05, 0) is 30.7 Å². The van der Waals surface area contributed by atoms with Gasteiger partial charge >= 0.3 is 18.0 Å². The summed E-state index contributed by atoms with van der Waals surface area (Å²) in [6.07, 6.45) is 0.595. The lowest BCUT2D eigenvalue weighted by molar-refractivity contribution is -0.145. The smallest absolute Gasteiger partial charge is 0.383 e. The van der Waals surface area contributed by atoms with Crippen molar-refractivity contribution in [2.45, 2.75) is 38.9 Å². The van der Waals surface area contributed by atoms with Gasteiger partial charge in [0.1, 0.15) is 5.82 Å². The van der Waals surface area contributed by atoms with E-state index < -0.39 is 29.6 Å². The summed E-state index contributed by atoms with van der Waals surface area (Å²) < 4.78 is 44.1. The van der Waals surface area contributed by atoms with Crippen LogP contribution in [0.25, 0.3) is 0 Å². The van der Waals surface area contributed by atoms with Gasteiger partial charge in [0, 0.05) is 29.7 Å². The number of nitrogen functional groups attached to an aromatic ring is 1. The van der Waals surface area contributed by atoms with Gasteiger partial charge in [0.05, 0.1) is 48.9 Å². The number of pyridine rings is 3. The van der Waals surface area contributed by atoms with E-state index in [4.69, 9.17) is 10.5 Å². The van der Waals surface area contributed by atoms with Gasteiger partial charge in [-0.3, -0.25) is 19.6 Å². The number of aromatic nitrogens is 3. The van der Waals surface area contributed by atoms with Crippen molar-refractivity contribution in [2.75, 3.05) is 11.1 Å². The molecule has 0 spiro atoms. The molecule has 12 heteroatoms. The molecule has 0 saturated carbocycles. The van der Waals surface area contributed by atoms with Crippen molar-refractivity contribution in [1.29, 1.82) is 0 Å². The zero-order valence-corrected chi connectivity index (χ0v) is 18.5. The van der Waals surface area contributed by atoms with Crippen molar-refractivity contribution in [2.24, 2.45) is 0 Å². The molecule has 3 aromatic heterocycles. The Morgan fingerprint density at radius 3 is 2.57 bits per heavy atom. The maximum Gasteiger partial charge on any atom is 0.417 e. The largest absolute Gasteiger partial charge is 0.417 e. The second kappa shape index (κ2) is 9.66. The molecule has 0 bridgehead atoms. The van der Waals surface area contributed by atoms with Crippen molar-refractivity contribution in [1.82, 2.24) is 19.9 Å². The van der Waals surface area contributed by atoms with Crippen LogP contribution in [0.15, 0.2) is 49.1 Å². The number of fused-ring (bicyclic) bond motifs is 1. The Bertz CT molecular complexity index is 1240. The highest BCUT2D eigenvalue weighted by atomic mass is 19.4. The highest BCUT2D eigenvalue weighted by Crippen LogP contribution is 2.31. The zero-order valence-electron chi connectivity index (χ0n) is 18.5. The van der Waals surface area contributed by atoms with Gasteiger partial charge < -0.3 is 20.7 Å². The molecule has 0 aliphatic carbocycles. The Morgan fingerprint density at radius 1 is 1.14 bits per heavy atom. The minimum Gasteiger partial charge on any atom is -0.383 e. The second-order valence-corrected chi connectivity index (χ2v) is 7.89. The predicted octanol–water partition coefficient (Wildman–Crippen LogP) is 3.23. The lowest BCUT2D eigenvalue weighted by atomic mass is 10.1. The molecular formula is C23H21F3N6O3. The van der Waals surface area contributed by atoms with Gasteiger partial charge in [0.2, 0.25) is 0 Å². The molecule has 1 aliphatic rings. The standard InChI is InChI=1S/C23H21F3N6O3/c1-13(14-3-2-6-28-7-14)32(10-16-5-4-15(8-29-16)23(24,25)26)22(34)21(33)31-19-9-30-20(27)18-12-35-11-17(18)19/h2-9,13H,10-12H2,1H3,(H2,27,30)(H,31,33). The molecule has 0 radical (unpaired) electrons. The number of alkyl halides is 3. The second-order valence-electron chi connectivity index (χ2n) is 7.89. The van der Waals surface area contributed by atoms with E-state index in [0.717, 1.165) is 6.07 Å². The molecule has 35 heavy (non-hydrogen) atoms. The summed E-state index contributed by atoms with van der Waals surface area (Å²) in [6.45, 7) is 1.93. The molecule has 4 heterocycles. The van der Waals surface area contributed by atoms with E-state index in [1.165, 1.54) is 23.4 Å². The van der Waals surface area contributed by atoms with Gasteiger partial charge in [-0.25, -0.2) is 4.98 Å². The summed E-state index contributed by atoms with van der Waals surface area (Å²) in [4.78, 5) is 39.4. The number of anilines is 2. The van der Waals surface area contributed by atoms with Crippen LogP contribution in [0.2, 0.25) is 0 Å². The van der Waals surface area contributed by atoms with Crippen LogP contribution in [-0.4, -0.2) is 31.7 Å². The summed E-state index contributed by atoms with van der Waals surface area (Å²) in [6, 6.07) is 4.82. The van der Waals surface area contributed by atoms with Gasteiger partial charge in [0.25, 0.3) is 0 Å². The average molecular weight is 486 g/mol. The first kappa shape index (κ1) is 24.1. The van der Waals surface area contributed by atoms with Crippen LogP contribution in [0.5, 0.6) is 0 Å². The van der Waals surface area contributed by atoms with E-state index in [2.05, 4.69) is 20.3 Å². The van der Waals surface area contributed by atoms with Crippen LogP contribution < -0.4 is 11.1 Å². The summed E-state index contributed by atoms with van der Waals surface area (Å²) in [5.41, 5.74) is 7.32. The van der Waals surface area contributed by atoms with E-state index in [-0.39, 0.29) is 31.3 Å². The Hall–Kier alpha value is -4.06. The van der Waals surface area contributed by atoms with Gasteiger partial charge in [-0.15, -0.1) is 0 Å². The first-order valence-electron chi connectivity index (χ1n) is 10.5. The topological polar surface area (TPSA) is 123 Å². The van der Waals surface area contributed by atoms with Crippen LogP contribution in [-0.2, 0) is 40.3 Å². The van der Waals surface area contributed by atoms with Gasteiger partial charge in [-0.2, -0.15) is 13.2 Å². The number of rotatable bonds is 5. The molecule has 0 saturated heterocycles. The first-order chi connectivity index (χ1) is 16.6. The van der Waals surface area contributed by atoms with Crippen LogP contribution in [0.4, 0.5) is 24.7 Å². The number of nitrogens with one attached hydrogen (secondary N) is 1. The van der Waals surface area contributed by atoms with Crippen molar-refractivity contribution < 1.29 is 27.5 Å². The first-order valence-corrected chi connectivity index (χ1v) is 10.5. The summed E-state index contributed by atoms with van der Waals surface area (Å²) in [5, 5.41) is 2.56. The molecule has 1 aliphatic heterocycles. The Balaban J connectivity index is 1.60. The number of nitrogens with zero attached hydrogens (tertiary/aromatic N) is 4. The third kappa shape index (κ3) is 5.22. The van der Waals surface area contributed by atoms with Crippen molar-refractivity contribution in [3.05, 3.63) is 77.0 Å². The lowest BCUT2D eigenvalue weighted by Gasteiger charge is -2.29. The maximum absolute atomic E-state index is 13.3. The van der Waals surface area contributed by atoms with E-state index in [1.807, 2.05) is 0 Å². The van der Waals surface area contributed by atoms with Crippen molar-refractivity contribution >= 4 is 23.3 Å². The number of nitrogens with two attached hydrogens (primary N) is 1. The molecule has 1 atom stereocenters. The molecule has 9 nitrogen and oxygen atoms in total. The van der Waals surface area contributed by atoms with E-state index in [9.17, 15) is 22.8 Å².